The van der Waals surface area contributed by atoms with Crippen molar-refractivity contribution in [3.05, 3.63) is 23.8 Å². The van der Waals surface area contributed by atoms with Crippen molar-refractivity contribution in [2.75, 3.05) is 33.9 Å². The molecule has 4 heteroatoms. The fourth-order valence-electron chi connectivity index (χ4n) is 2.56. The number of aliphatic hydroxyl groups excluding tert-OH is 1. The third kappa shape index (κ3) is 3.61. The molecule has 0 aromatic heterocycles. The minimum atomic E-state index is 0.119. The van der Waals surface area contributed by atoms with E-state index in [4.69, 9.17) is 14.6 Å². The van der Waals surface area contributed by atoms with Crippen LogP contribution in [0.1, 0.15) is 18.4 Å². The second kappa shape index (κ2) is 6.78. The summed E-state index contributed by atoms with van der Waals surface area (Å²) in [7, 11) is 3.77. The quantitative estimate of drug-likeness (QED) is 0.880. The third-order valence-electron chi connectivity index (χ3n) is 3.53. The van der Waals surface area contributed by atoms with Gasteiger partial charge in [-0.2, -0.15) is 0 Å². The smallest absolute Gasteiger partial charge is 0.164 e. The lowest BCUT2D eigenvalue weighted by molar-refractivity contribution is 0.0999. The van der Waals surface area contributed by atoms with E-state index < -0.39 is 0 Å². The van der Waals surface area contributed by atoms with E-state index in [0.717, 1.165) is 43.0 Å². The first-order valence-corrected chi connectivity index (χ1v) is 6.86. The van der Waals surface area contributed by atoms with Crippen LogP contribution in [0.15, 0.2) is 18.2 Å². The average molecular weight is 265 g/mol. The van der Waals surface area contributed by atoms with E-state index in [1.807, 2.05) is 18.2 Å². The van der Waals surface area contributed by atoms with E-state index >= 15 is 0 Å². The molecule has 1 aliphatic rings. The van der Waals surface area contributed by atoms with Gasteiger partial charge in [-0.25, -0.2) is 0 Å². The normalized spacial score (nSPS) is 20.3. The molecule has 106 valence electrons. The van der Waals surface area contributed by atoms with Gasteiger partial charge in [0, 0.05) is 18.7 Å². The molecule has 4 nitrogen and oxygen atoms in total. The second-order valence-electron chi connectivity index (χ2n) is 5.07. The van der Waals surface area contributed by atoms with Crippen LogP contribution in [-0.4, -0.2) is 50.0 Å². The van der Waals surface area contributed by atoms with Crippen LogP contribution in [0.25, 0.3) is 0 Å². The molecule has 1 aromatic rings. The molecule has 1 heterocycles. The predicted octanol–water partition coefficient (Wildman–Crippen LogP) is 1.70. The van der Waals surface area contributed by atoms with Gasteiger partial charge in [0.1, 0.15) is 6.10 Å². The first-order valence-electron chi connectivity index (χ1n) is 6.86. The van der Waals surface area contributed by atoms with E-state index in [9.17, 15) is 0 Å². The summed E-state index contributed by atoms with van der Waals surface area (Å²) >= 11 is 0. The van der Waals surface area contributed by atoms with Gasteiger partial charge < -0.3 is 19.5 Å². The number of likely N-dealkylation sites (tertiary alicyclic amines) is 1. The summed E-state index contributed by atoms with van der Waals surface area (Å²) < 4.78 is 11.5. The first-order chi connectivity index (χ1) is 9.24. The van der Waals surface area contributed by atoms with Gasteiger partial charge in [0.2, 0.25) is 0 Å². The highest BCUT2D eigenvalue weighted by Crippen LogP contribution is 2.33. The Bertz CT molecular complexity index is 408. The zero-order valence-electron chi connectivity index (χ0n) is 11.8. The summed E-state index contributed by atoms with van der Waals surface area (Å²) in [6.07, 6.45) is 3.02. The van der Waals surface area contributed by atoms with Gasteiger partial charge in [0.15, 0.2) is 11.5 Å². The lowest BCUT2D eigenvalue weighted by atomic mass is 10.1. The molecule has 2 rings (SSSR count). The van der Waals surface area contributed by atoms with Crippen molar-refractivity contribution in [2.45, 2.75) is 25.4 Å². The fourth-order valence-corrected chi connectivity index (χ4v) is 2.56. The number of para-hydroxylation sites is 1. The number of methoxy groups -OCH3 is 1. The molecule has 0 spiro atoms. The predicted molar refractivity (Wildman–Crippen MR) is 74.9 cm³/mol. The van der Waals surface area contributed by atoms with E-state index in [-0.39, 0.29) is 12.7 Å². The lowest BCUT2D eigenvalue weighted by Gasteiger charge is -2.31. The van der Waals surface area contributed by atoms with Crippen LogP contribution >= 0.6 is 0 Å². The highest BCUT2D eigenvalue weighted by molar-refractivity contribution is 5.47. The number of hydrogen-bond acceptors (Lipinski definition) is 4. The Morgan fingerprint density at radius 1 is 1.42 bits per heavy atom. The fraction of sp³-hybridized carbons (Fsp3) is 0.600. The highest BCUT2D eigenvalue weighted by Gasteiger charge is 2.21. The third-order valence-corrected chi connectivity index (χ3v) is 3.53. The lowest BCUT2D eigenvalue weighted by Crippen LogP contribution is -2.38. The van der Waals surface area contributed by atoms with Crippen molar-refractivity contribution >= 4 is 0 Å². The number of nitrogens with zero attached hydrogens (tertiary/aromatic N) is 1. The van der Waals surface area contributed by atoms with E-state index in [1.54, 1.807) is 7.11 Å². The van der Waals surface area contributed by atoms with Crippen molar-refractivity contribution in [2.24, 2.45) is 0 Å². The van der Waals surface area contributed by atoms with Crippen LogP contribution in [0.5, 0.6) is 11.5 Å². The maximum Gasteiger partial charge on any atom is 0.164 e. The molecule has 1 saturated heterocycles. The number of ether oxygens (including phenoxy) is 2. The van der Waals surface area contributed by atoms with Gasteiger partial charge in [-0.15, -0.1) is 0 Å². The summed E-state index contributed by atoms with van der Waals surface area (Å²) in [5, 5.41) is 9.15. The van der Waals surface area contributed by atoms with Gasteiger partial charge in [-0.05, 0) is 38.9 Å². The zero-order valence-corrected chi connectivity index (χ0v) is 11.8. The van der Waals surface area contributed by atoms with Crippen LogP contribution in [0.4, 0.5) is 0 Å². The Hall–Kier alpha value is -1.26. The SMILES string of the molecule is COc1cccc(CCO)c1OC1CCCN(C)C1. The molecule has 0 bridgehead atoms. The maximum atomic E-state index is 9.15. The number of benzene rings is 1. The molecule has 0 radical (unpaired) electrons. The first kappa shape index (κ1) is 14.2. The maximum absolute atomic E-state index is 9.15. The van der Waals surface area contributed by atoms with Crippen molar-refractivity contribution in [1.82, 2.24) is 4.90 Å². The van der Waals surface area contributed by atoms with E-state index in [2.05, 4.69) is 11.9 Å². The van der Waals surface area contributed by atoms with Gasteiger partial charge in [0.25, 0.3) is 0 Å². The molecule has 1 aliphatic heterocycles. The highest BCUT2D eigenvalue weighted by atomic mass is 16.5. The van der Waals surface area contributed by atoms with Crippen LogP contribution in [0.3, 0.4) is 0 Å². The molecule has 0 amide bonds. The van der Waals surface area contributed by atoms with Crippen molar-refractivity contribution in [3.8, 4) is 11.5 Å². The molecule has 1 aromatic carbocycles. The van der Waals surface area contributed by atoms with Crippen LogP contribution in [0.2, 0.25) is 0 Å². The average Bonchev–Trinajstić information content (AvgIpc) is 2.41. The minimum absolute atomic E-state index is 0.119. The van der Waals surface area contributed by atoms with Crippen molar-refractivity contribution in [1.29, 1.82) is 0 Å². The number of rotatable bonds is 5. The van der Waals surface area contributed by atoms with Crippen molar-refractivity contribution < 1.29 is 14.6 Å². The molecular formula is C15H23NO3. The molecule has 0 saturated carbocycles. The van der Waals surface area contributed by atoms with Gasteiger partial charge in [0.05, 0.1) is 7.11 Å². The van der Waals surface area contributed by atoms with Gasteiger partial charge >= 0.3 is 0 Å². The second-order valence-corrected chi connectivity index (χ2v) is 5.07. The van der Waals surface area contributed by atoms with E-state index in [1.165, 1.54) is 0 Å². The summed E-state index contributed by atoms with van der Waals surface area (Å²) in [4.78, 5) is 2.29. The van der Waals surface area contributed by atoms with Gasteiger partial charge in [-0.1, -0.05) is 12.1 Å². The van der Waals surface area contributed by atoms with Crippen molar-refractivity contribution in [3.63, 3.8) is 0 Å². The van der Waals surface area contributed by atoms with E-state index in [0.29, 0.717) is 6.42 Å². The Balaban J connectivity index is 2.16. The zero-order chi connectivity index (χ0) is 13.7. The molecule has 1 N–H and O–H groups in total. The van der Waals surface area contributed by atoms with Crippen LogP contribution in [-0.2, 0) is 6.42 Å². The van der Waals surface area contributed by atoms with Gasteiger partial charge in [-0.3, -0.25) is 0 Å². The summed E-state index contributed by atoms with van der Waals surface area (Å²) in [6, 6.07) is 5.83. The monoisotopic (exact) mass is 265 g/mol. The molecule has 0 aliphatic carbocycles. The Kier molecular flexibility index (Phi) is 5.05. The topological polar surface area (TPSA) is 41.9 Å². The Morgan fingerprint density at radius 3 is 2.95 bits per heavy atom. The Morgan fingerprint density at radius 2 is 2.26 bits per heavy atom. The largest absolute Gasteiger partial charge is 0.493 e. The summed E-state index contributed by atoms with van der Waals surface area (Å²) in [6.45, 7) is 2.19. The molecule has 1 atom stereocenters. The standard InChI is InChI=1S/C15H23NO3/c1-16-9-4-6-13(11-16)19-15-12(8-10-17)5-3-7-14(15)18-2/h3,5,7,13,17H,4,6,8-11H2,1-2H3. The molecular weight excluding hydrogens is 242 g/mol. The number of piperidine rings is 1. The van der Waals surface area contributed by atoms with Crippen LogP contribution < -0.4 is 9.47 Å². The Labute approximate surface area is 114 Å². The molecule has 1 unspecified atom stereocenters. The minimum Gasteiger partial charge on any atom is -0.493 e. The number of hydrogen-bond donors (Lipinski definition) is 1. The number of aliphatic hydroxyl groups is 1. The molecule has 19 heavy (non-hydrogen) atoms. The van der Waals surface area contributed by atoms with Crippen LogP contribution in [0, 0.1) is 0 Å². The summed E-state index contributed by atoms with van der Waals surface area (Å²) in [5.41, 5.74) is 1.01. The number of likely N-dealkylation sites (N-methyl/N-ethyl adjacent to an activating group) is 1. The molecule has 1 fully saturated rings. The summed E-state index contributed by atoms with van der Waals surface area (Å²) in [5.74, 6) is 1.54.